The summed E-state index contributed by atoms with van der Waals surface area (Å²) in [6.07, 6.45) is -0.0886. The third-order valence-corrected chi connectivity index (χ3v) is 2.90. The fourth-order valence-corrected chi connectivity index (χ4v) is 1.77. The molecule has 0 N–H and O–H groups in total. The van der Waals surface area contributed by atoms with Crippen LogP contribution in [0.2, 0.25) is 0 Å². The summed E-state index contributed by atoms with van der Waals surface area (Å²) in [5, 5.41) is 0. The Bertz CT molecular complexity index is 494. The number of ether oxygens (including phenoxy) is 1. The smallest absolute Gasteiger partial charge is 0.131 e. The molecule has 1 unspecified atom stereocenters. The molecule has 0 bridgehead atoms. The van der Waals surface area contributed by atoms with E-state index in [0.29, 0.717) is 5.56 Å². The van der Waals surface area contributed by atoms with Crippen LogP contribution in [0.5, 0.6) is 0 Å². The van der Waals surface area contributed by atoms with E-state index in [0.717, 1.165) is 11.1 Å². The number of hydrogen-bond donors (Lipinski definition) is 0. The average Bonchev–Trinajstić information content (AvgIpc) is 2.38. The van der Waals surface area contributed by atoms with Gasteiger partial charge in [-0.2, -0.15) is 0 Å². The van der Waals surface area contributed by atoms with Gasteiger partial charge in [-0.3, -0.25) is 0 Å². The van der Waals surface area contributed by atoms with Crippen molar-refractivity contribution >= 4 is 0 Å². The van der Waals surface area contributed by atoms with Crippen LogP contribution < -0.4 is 0 Å². The van der Waals surface area contributed by atoms with Crippen LogP contribution in [-0.4, -0.2) is 7.11 Å². The van der Waals surface area contributed by atoms with Crippen LogP contribution in [0.4, 0.5) is 4.39 Å². The summed E-state index contributed by atoms with van der Waals surface area (Å²) in [6.45, 7) is 1.90. The molecule has 0 aliphatic heterocycles. The highest BCUT2D eigenvalue weighted by Crippen LogP contribution is 2.26. The second-order valence-corrected chi connectivity index (χ2v) is 3.98. The van der Waals surface area contributed by atoms with E-state index in [9.17, 15) is 4.39 Å². The standard InChI is InChI=1S/C15H15FO/c1-11(17-2)13-8-9-14(15(16)10-13)12-6-4-3-5-7-12/h3-11H,1-2H3. The molecule has 0 fully saturated rings. The van der Waals surface area contributed by atoms with Crippen molar-refractivity contribution in [2.45, 2.75) is 13.0 Å². The summed E-state index contributed by atoms with van der Waals surface area (Å²) in [5.74, 6) is -0.211. The van der Waals surface area contributed by atoms with E-state index in [1.807, 2.05) is 43.3 Å². The maximum Gasteiger partial charge on any atom is 0.131 e. The zero-order chi connectivity index (χ0) is 12.3. The van der Waals surface area contributed by atoms with Gasteiger partial charge in [0.15, 0.2) is 0 Å². The monoisotopic (exact) mass is 230 g/mol. The summed E-state index contributed by atoms with van der Waals surface area (Å²) in [6, 6.07) is 14.8. The van der Waals surface area contributed by atoms with E-state index in [-0.39, 0.29) is 11.9 Å². The Hall–Kier alpha value is -1.67. The highest BCUT2D eigenvalue weighted by molar-refractivity contribution is 5.64. The summed E-state index contributed by atoms with van der Waals surface area (Å²) < 4.78 is 19.1. The third kappa shape index (κ3) is 2.53. The lowest BCUT2D eigenvalue weighted by atomic mass is 10.0. The first-order chi connectivity index (χ1) is 8.22. The van der Waals surface area contributed by atoms with Crippen molar-refractivity contribution < 1.29 is 9.13 Å². The van der Waals surface area contributed by atoms with Gasteiger partial charge in [0.2, 0.25) is 0 Å². The molecule has 1 nitrogen and oxygen atoms in total. The van der Waals surface area contributed by atoms with Gasteiger partial charge in [-0.1, -0.05) is 42.5 Å². The van der Waals surface area contributed by atoms with Crippen molar-refractivity contribution in [1.29, 1.82) is 0 Å². The Morgan fingerprint density at radius 3 is 2.35 bits per heavy atom. The second-order valence-electron chi connectivity index (χ2n) is 3.98. The highest BCUT2D eigenvalue weighted by Gasteiger charge is 2.09. The molecule has 88 valence electrons. The summed E-state index contributed by atoms with van der Waals surface area (Å²) in [5.41, 5.74) is 2.36. The normalized spacial score (nSPS) is 12.4. The molecule has 2 aromatic carbocycles. The minimum absolute atomic E-state index is 0.0886. The van der Waals surface area contributed by atoms with Crippen LogP contribution in [-0.2, 0) is 4.74 Å². The van der Waals surface area contributed by atoms with Crippen LogP contribution in [0, 0.1) is 5.82 Å². The molecular formula is C15H15FO. The van der Waals surface area contributed by atoms with Gasteiger partial charge in [-0.05, 0) is 24.1 Å². The Kier molecular flexibility index (Phi) is 3.55. The Morgan fingerprint density at radius 1 is 1.06 bits per heavy atom. The predicted octanol–water partition coefficient (Wildman–Crippen LogP) is 4.20. The predicted molar refractivity (Wildman–Crippen MR) is 67.3 cm³/mol. The number of rotatable bonds is 3. The van der Waals surface area contributed by atoms with Gasteiger partial charge in [-0.25, -0.2) is 4.39 Å². The van der Waals surface area contributed by atoms with Gasteiger partial charge in [0.25, 0.3) is 0 Å². The molecule has 0 radical (unpaired) electrons. The van der Waals surface area contributed by atoms with Crippen molar-refractivity contribution in [3.8, 4) is 11.1 Å². The van der Waals surface area contributed by atoms with Crippen molar-refractivity contribution in [2.24, 2.45) is 0 Å². The zero-order valence-electron chi connectivity index (χ0n) is 9.98. The molecule has 0 heterocycles. The molecule has 0 saturated heterocycles. The molecule has 2 heteroatoms. The largest absolute Gasteiger partial charge is 0.377 e. The van der Waals surface area contributed by atoms with Gasteiger partial charge in [-0.15, -0.1) is 0 Å². The Morgan fingerprint density at radius 2 is 1.76 bits per heavy atom. The Labute approximate surface area is 101 Å². The van der Waals surface area contributed by atoms with E-state index in [1.54, 1.807) is 13.2 Å². The number of hydrogen-bond acceptors (Lipinski definition) is 1. The topological polar surface area (TPSA) is 9.23 Å². The molecule has 2 aromatic rings. The van der Waals surface area contributed by atoms with Crippen molar-refractivity contribution in [3.63, 3.8) is 0 Å². The fraction of sp³-hybridized carbons (Fsp3) is 0.200. The van der Waals surface area contributed by atoms with Gasteiger partial charge in [0.1, 0.15) is 5.82 Å². The maximum atomic E-state index is 14.0. The molecule has 0 spiro atoms. The number of halogens is 1. The van der Waals surface area contributed by atoms with E-state index >= 15 is 0 Å². The third-order valence-electron chi connectivity index (χ3n) is 2.90. The molecule has 0 amide bonds. The second kappa shape index (κ2) is 5.11. The summed E-state index contributed by atoms with van der Waals surface area (Å²) in [7, 11) is 1.62. The zero-order valence-corrected chi connectivity index (χ0v) is 9.98. The minimum atomic E-state index is -0.211. The molecular weight excluding hydrogens is 215 g/mol. The van der Waals surface area contributed by atoms with Crippen LogP contribution in [0.3, 0.4) is 0 Å². The highest BCUT2D eigenvalue weighted by atomic mass is 19.1. The SMILES string of the molecule is COC(C)c1ccc(-c2ccccc2)c(F)c1. The molecule has 2 rings (SSSR count). The lowest BCUT2D eigenvalue weighted by Gasteiger charge is -2.11. The summed E-state index contributed by atoms with van der Waals surface area (Å²) >= 11 is 0. The minimum Gasteiger partial charge on any atom is -0.377 e. The van der Waals surface area contributed by atoms with Gasteiger partial charge >= 0.3 is 0 Å². The van der Waals surface area contributed by atoms with Crippen molar-refractivity contribution in [3.05, 3.63) is 59.9 Å². The molecule has 0 aliphatic rings. The van der Waals surface area contributed by atoms with Crippen molar-refractivity contribution in [2.75, 3.05) is 7.11 Å². The number of benzene rings is 2. The molecule has 1 atom stereocenters. The van der Waals surface area contributed by atoms with Gasteiger partial charge < -0.3 is 4.74 Å². The fourth-order valence-electron chi connectivity index (χ4n) is 1.77. The van der Waals surface area contributed by atoms with Crippen LogP contribution in [0.15, 0.2) is 48.5 Å². The van der Waals surface area contributed by atoms with Crippen LogP contribution in [0.1, 0.15) is 18.6 Å². The van der Waals surface area contributed by atoms with E-state index in [4.69, 9.17) is 4.74 Å². The van der Waals surface area contributed by atoms with Gasteiger partial charge in [0.05, 0.1) is 6.10 Å². The van der Waals surface area contributed by atoms with Gasteiger partial charge in [0, 0.05) is 12.7 Å². The molecule has 17 heavy (non-hydrogen) atoms. The van der Waals surface area contributed by atoms with Crippen molar-refractivity contribution in [1.82, 2.24) is 0 Å². The first-order valence-electron chi connectivity index (χ1n) is 5.60. The average molecular weight is 230 g/mol. The maximum absolute atomic E-state index is 14.0. The van der Waals surface area contributed by atoms with E-state index < -0.39 is 0 Å². The van der Waals surface area contributed by atoms with Crippen LogP contribution in [0.25, 0.3) is 11.1 Å². The summed E-state index contributed by atoms with van der Waals surface area (Å²) in [4.78, 5) is 0. The lowest BCUT2D eigenvalue weighted by Crippen LogP contribution is -1.97. The first-order valence-corrected chi connectivity index (χ1v) is 5.60. The molecule has 0 aliphatic carbocycles. The molecule has 0 aromatic heterocycles. The first kappa shape index (κ1) is 11.8. The lowest BCUT2D eigenvalue weighted by molar-refractivity contribution is 0.119. The Balaban J connectivity index is 2.39. The van der Waals surface area contributed by atoms with E-state index in [1.165, 1.54) is 6.07 Å². The number of methoxy groups -OCH3 is 1. The van der Waals surface area contributed by atoms with Crippen LogP contribution >= 0.6 is 0 Å². The van der Waals surface area contributed by atoms with E-state index in [2.05, 4.69) is 0 Å². The molecule has 0 saturated carbocycles. The quantitative estimate of drug-likeness (QED) is 0.767.